The summed E-state index contributed by atoms with van der Waals surface area (Å²) in [6.45, 7) is 0. The van der Waals surface area contributed by atoms with E-state index in [1.54, 1.807) is 42.7 Å². The van der Waals surface area contributed by atoms with Gasteiger partial charge in [0.2, 0.25) is 0 Å². The van der Waals surface area contributed by atoms with E-state index in [0.717, 1.165) is 10.3 Å². The number of nitrogens with zero attached hydrogens (tertiary/aromatic N) is 3. The minimum Gasteiger partial charge on any atom is -0.321 e. The van der Waals surface area contributed by atoms with Gasteiger partial charge in [0.1, 0.15) is 11.6 Å². The number of thiophene rings is 1. The molecule has 8 heteroatoms. The predicted octanol–water partition coefficient (Wildman–Crippen LogP) is 4.10. The smallest absolute Gasteiger partial charge is 0.270 e. The fourth-order valence-electron chi connectivity index (χ4n) is 2.83. The van der Waals surface area contributed by atoms with Crippen LogP contribution in [0.25, 0.3) is 31.8 Å². The van der Waals surface area contributed by atoms with Gasteiger partial charge in [0.25, 0.3) is 11.2 Å². The van der Waals surface area contributed by atoms with Crippen LogP contribution >= 0.6 is 11.3 Å². The second kappa shape index (κ2) is 6.48. The number of nitro benzene ring substituents is 1. The van der Waals surface area contributed by atoms with Crippen molar-refractivity contribution in [1.29, 1.82) is 5.26 Å². The maximum absolute atomic E-state index is 12.4. The molecule has 0 atom stereocenters. The minimum atomic E-state index is -0.481. The van der Waals surface area contributed by atoms with E-state index >= 15 is 0 Å². The Bertz CT molecular complexity index is 1290. The molecule has 0 amide bonds. The number of aromatic amines is 1. The van der Waals surface area contributed by atoms with Crippen molar-refractivity contribution in [2.24, 2.45) is 0 Å². The number of rotatable bonds is 3. The Morgan fingerprint density at radius 3 is 2.63 bits per heavy atom. The molecule has 0 fully saturated rings. The van der Waals surface area contributed by atoms with E-state index in [2.05, 4.69) is 9.97 Å². The van der Waals surface area contributed by atoms with Crippen LogP contribution in [-0.2, 0) is 0 Å². The number of non-ortho nitro benzene ring substituents is 1. The lowest BCUT2D eigenvalue weighted by atomic mass is 10.0. The quantitative estimate of drug-likeness (QED) is 0.428. The first kappa shape index (κ1) is 16.6. The summed E-state index contributed by atoms with van der Waals surface area (Å²) in [5.41, 5.74) is 1.36. The normalized spacial score (nSPS) is 10.6. The van der Waals surface area contributed by atoms with Crippen molar-refractivity contribution in [2.45, 2.75) is 0 Å². The van der Waals surface area contributed by atoms with Gasteiger partial charge < -0.3 is 4.98 Å². The van der Waals surface area contributed by atoms with Crippen molar-refractivity contribution in [3.05, 3.63) is 80.9 Å². The number of hydrogen-bond donors (Lipinski definition) is 1. The van der Waals surface area contributed by atoms with E-state index in [9.17, 15) is 20.2 Å². The molecular formula is C19H10N4O3S. The number of pyridine rings is 2. The fourth-order valence-corrected chi connectivity index (χ4v) is 3.89. The van der Waals surface area contributed by atoms with Crippen LogP contribution in [0, 0.1) is 21.4 Å². The van der Waals surface area contributed by atoms with Crippen LogP contribution in [0.5, 0.6) is 0 Å². The third-order valence-corrected chi connectivity index (χ3v) is 5.26. The van der Waals surface area contributed by atoms with E-state index in [4.69, 9.17) is 0 Å². The molecule has 0 saturated carbocycles. The summed E-state index contributed by atoms with van der Waals surface area (Å²) in [7, 11) is 0. The highest BCUT2D eigenvalue weighted by Gasteiger charge is 2.16. The molecule has 1 aromatic carbocycles. The number of nitriles is 1. The molecular weight excluding hydrogens is 364 g/mol. The van der Waals surface area contributed by atoms with Crippen LogP contribution in [0.15, 0.2) is 59.7 Å². The van der Waals surface area contributed by atoms with Gasteiger partial charge >= 0.3 is 0 Å². The SMILES string of the molecule is N#Cc1c(-c2cc3cc([N+](=O)[O-])ccc3s2)cc(-c2ccncc2)[nH]c1=O. The number of fused-ring (bicyclic) bond motifs is 1. The van der Waals surface area contributed by atoms with Crippen molar-refractivity contribution in [1.82, 2.24) is 9.97 Å². The number of nitro groups is 1. The maximum Gasteiger partial charge on any atom is 0.270 e. The van der Waals surface area contributed by atoms with Gasteiger partial charge in [-0.15, -0.1) is 11.3 Å². The molecule has 130 valence electrons. The Hall–Kier alpha value is -3.83. The van der Waals surface area contributed by atoms with E-state index in [0.29, 0.717) is 21.5 Å². The maximum atomic E-state index is 12.4. The van der Waals surface area contributed by atoms with Gasteiger partial charge in [-0.2, -0.15) is 5.26 Å². The van der Waals surface area contributed by atoms with Crippen molar-refractivity contribution in [3.8, 4) is 27.8 Å². The summed E-state index contributed by atoms with van der Waals surface area (Å²) in [6.07, 6.45) is 3.23. The fraction of sp³-hybridized carbons (Fsp3) is 0. The summed E-state index contributed by atoms with van der Waals surface area (Å²) in [6, 6.07) is 13.6. The Kier molecular flexibility index (Phi) is 3.99. The molecule has 3 heterocycles. The van der Waals surface area contributed by atoms with Crippen molar-refractivity contribution >= 4 is 27.1 Å². The zero-order valence-electron chi connectivity index (χ0n) is 13.7. The van der Waals surface area contributed by atoms with Crippen molar-refractivity contribution in [2.75, 3.05) is 0 Å². The molecule has 0 aliphatic carbocycles. The van der Waals surface area contributed by atoms with Crippen LogP contribution in [0.1, 0.15) is 5.56 Å². The zero-order chi connectivity index (χ0) is 19.0. The van der Waals surface area contributed by atoms with Gasteiger partial charge in [-0.1, -0.05) is 0 Å². The van der Waals surface area contributed by atoms with Gasteiger partial charge in [-0.05, 0) is 35.7 Å². The van der Waals surface area contributed by atoms with E-state index < -0.39 is 10.5 Å². The average Bonchev–Trinajstić information content (AvgIpc) is 3.11. The van der Waals surface area contributed by atoms with E-state index in [-0.39, 0.29) is 11.3 Å². The Morgan fingerprint density at radius 2 is 1.93 bits per heavy atom. The number of benzene rings is 1. The molecule has 27 heavy (non-hydrogen) atoms. The van der Waals surface area contributed by atoms with Crippen LogP contribution in [0.2, 0.25) is 0 Å². The molecule has 0 saturated heterocycles. The van der Waals surface area contributed by atoms with Gasteiger partial charge in [0, 0.05) is 50.9 Å². The van der Waals surface area contributed by atoms with Crippen molar-refractivity contribution < 1.29 is 4.92 Å². The zero-order valence-corrected chi connectivity index (χ0v) is 14.5. The number of nitrogens with one attached hydrogen (secondary N) is 1. The van der Waals surface area contributed by atoms with Crippen LogP contribution < -0.4 is 5.56 Å². The first-order valence-electron chi connectivity index (χ1n) is 7.83. The lowest BCUT2D eigenvalue weighted by molar-refractivity contribution is -0.384. The Balaban J connectivity index is 1.94. The van der Waals surface area contributed by atoms with Gasteiger partial charge in [-0.3, -0.25) is 19.9 Å². The third-order valence-electron chi connectivity index (χ3n) is 4.11. The monoisotopic (exact) mass is 374 g/mol. The van der Waals surface area contributed by atoms with Crippen LogP contribution in [0.3, 0.4) is 0 Å². The molecule has 7 nitrogen and oxygen atoms in total. The Labute approximate surface area is 156 Å². The molecule has 4 aromatic rings. The number of aromatic nitrogens is 2. The Morgan fingerprint density at radius 1 is 1.15 bits per heavy atom. The summed E-state index contributed by atoms with van der Waals surface area (Å²) in [5.74, 6) is 0. The molecule has 1 N–H and O–H groups in total. The standard InChI is InChI=1S/C19H10N4O3S/c20-10-15-14(9-16(22-19(15)24)11-3-5-21-6-4-11)18-8-12-7-13(23(25)26)1-2-17(12)27-18/h1-9H,(H,22,24). The second-order valence-corrected chi connectivity index (χ2v) is 6.82. The summed E-state index contributed by atoms with van der Waals surface area (Å²) in [4.78, 5) is 30.3. The molecule has 3 aromatic heterocycles. The summed E-state index contributed by atoms with van der Waals surface area (Å²) < 4.78 is 0.838. The highest BCUT2D eigenvalue weighted by molar-refractivity contribution is 7.22. The highest BCUT2D eigenvalue weighted by Crippen LogP contribution is 2.37. The third kappa shape index (κ3) is 2.96. The molecule has 0 bridgehead atoms. The van der Waals surface area contributed by atoms with Gasteiger partial charge in [0.15, 0.2) is 0 Å². The largest absolute Gasteiger partial charge is 0.321 e. The van der Waals surface area contributed by atoms with Crippen LogP contribution in [-0.4, -0.2) is 14.9 Å². The average molecular weight is 374 g/mol. The molecule has 0 radical (unpaired) electrons. The van der Waals surface area contributed by atoms with E-state index in [1.165, 1.54) is 23.5 Å². The molecule has 0 spiro atoms. The highest BCUT2D eigenvalue weighted by atomic mass is 32.1. The second-order valence-electron chi connectivity index (χ2n) is 5.74. The molecule has 0 unspecified atom stereocenters. The van der Waals surface area contributed by atoms with Gasteiger partial charge in [0.05, 0.1) is 4.92 Å². The minimum absolute atomic E-state index is 0.00394. The lowest BCUT2D eigenvalue weighted by Crippen LogP contribution is -2.12. The molecule has 0 aliphatic heterocycles. The van der Waals surface area contributed by atoms with E-state index in [1.807, 2.05) is 6.07 Å². The number of H-pyrrole nitrogens is 1. The first-order chi connectivity index (χ1) is 13.1. The lowest BCUT2D eigenvalue weighted by Gasteiger charge is -2.06. The van der Waals surface area contributed by atoms with Crippen molar-refractivity contribution in [3.63, 3.8) is 0 Å². The summed E-state index contributed by atoms with van der Waals surface area (Å²) in [5, 5.41) is 21.1. The topological polar surface area (TPSA) is 113 Å². The first-order valence-corrected chi connectivity index (χ1v) is 8.64. The molecule has 0 aliphatic rings. The summed E-state index contributed by atoms with van der Waals surface area (Å²) >= 11 is 1.37. The predicted molar refractivity (Wildman–Crippen MR) is 102 cm³/mol. The van der Waals surface area contributed by atoms with Crippen LogP contribution in [0.4, 0.5) is 5.69 Å². The van der Waals surface area contributed by atoms with Gasteiger partial charge in [-0.25, -0.2) is 0 Å². The number of hydrogen-bond acceptors (Lipinski definition) is 6. The molecule has 4 rings (SSSR count).